The molecule has 252 valence electrons. The average molecular weight is 643 g/mol. The van der Waals surface area contributed by atoms with Crippen LogP contribution in [-0.2, 0) is 35.1 Å². The maximum atomic E-state index is 15.7. The van der Waals surface area contributed by atoms with Crippen LogP contribution in [0.1, 0.15) is 80.1 Å². The molecule has 0 N–H and O–H groups in total. The van der Waals surface area contributed by atoms with Crippen LogP contribution in [0.4, 0.5) is 9.18 Å². The van der Waals surface area contributed by atoms with E-state index < -0.39 is 58.7 Å². The van der Waals surface area contributed by atoms with Crippen LogP contribution in [0.15, 0.2) is 37.1 Å². The fourth-order valence-electron chi connectivity index (χ4n) is 6.92. The highest BCUT2D eigenvalue weighted by Gasteiger charge is 2.60. The Morgan fingerprint density at radius 3 is 2.48 bits per heavy atom. The number of esters is 1. The van der Waals surface area contributed by atoms with Gasteiger partial charge < -0.3 is 23.7 Å². The van der Waals surface area contributed by atoms with Crippen LogP contribution < -0.4 is 0 Å². The number of aryl methyl sites for hydroxylation is 1. The molecule has 0 bridgehead atoms. The molecule has 12 heteroatoms. The van der Waals surface area contributed by atoms with Gasteiger partial charge in [-0.15, -0.1) is 0 Å². The van der Waals surface area contributed by atoms with Crippen molar-refractivity contribution in [2.24, 2.45) is 11.8 Å². The van der Waals surface area contributed by atoms with E-state index >= 15 is 4.39 Å². The van der Waals surface area contributed by atoms with Crippen LogP contribution in [0.5, 0.6) is 0 Å². The number of nitrogens with zero attached hydrogens (tertiary/aromatic N) is 4. The third kappa shape index (κ3) is 7.16. The molecule has 0 aromatic carbocycles. The number of unbranched alkanes of at least 4 members (excludes halogenated alkanes) is 1. The molecule has 2 aliphatic rings. The van der Waals surface area contributed by atoms with Crippen molar-refractivity contribution in [3.8, 4) is 11.3 Å². The van der Waals surface area contributed by atoms with Crippen LogP contribution in [0.3, 0.4) is 0 Å². The second kappa shape index (κ2) is 14.0. The molecule has 0 spiro atoms. The lowest BCUT2D eigenvalue weighted by Gasteiger charge is -2.41. The van der Waals surface area contributed by atoms with Gasteiger partial charge in [-0.3, -0.25) is 14.6 Å². The number of aromatic nitrogens is 3. The molecule has 0 saturated carbocycles. The zero-order valence-corrected chi connectivity index (χ0v) is 28.0. The van der Waals surface area contributed by atoms with Crippen molar-refractivity contribution < 1.29 is 37.8 Å². The number of halogens is 1. The Morgan fingerprint density at radius 2 is 1.83 bits per heavy atom. The van der Waals surface area contributed by atoms with E-state index in [1.807, 2.05) is 22.9 Å². The number of ketones is 2. The number of amides is 1. The van der Waals surface area contributed by atoms with E-state index in [0.29, 0.717) is 19.4 Å². The summed E-state index contributed by atoms with van der Waals surface area (Å²) in [5.74, 6) is -3.60. The van der Waals surface area contributed by atoms with Gasteiger partial charge in [-0.1, -0.05) is 20.8 Å². The topological polar surface area (TPSA) is 130 Å². The zero-order valence-electron chi connectivity index (χ0n) is 28.0. The van der Waals surface area contributed by atoms with Crippen molar-refractivity contribution in [1.29, 1.82) is 0 Å². The molecule has 1 amide bonds. The minimum absolute atomic E-state index is 0.107. The monoisotopic (exact) mass is 642 g/mol. The highest BCUT2D eigenvalue weighted by molar-refractivity contribution is 6.06. The van der Waals surface area contributed by atoms with Gasteiger partial charge in [0.05, 0.1) is 23.7 Å². The third-order valence-electron chi connectivity index (χ3n) is 9.81. The highest BCUT2D eigenvalue weighted by atomic mass is 19.1. The van der Waals surface area contributed by atoms with Gasteiger partial charge in [0.15, 0.2) is 11.4 Å². The summed E-state index contributed by atoms with van der Waals surface area (Å²) in [6.45, 7) is 10.5. The van der Waals surface area contributed by atoms with Gasteiger partial charge in [0, 0.05) is 62.6 Å². The van der Waals surface area contributed by atoms with Crippen LogP contribution in [0.2, 0.25) is 0 Å². The Kier molecular flexibility index (Phi) is 10.7. The van der Waals surface area contributed by atoms with Gasteiger partial charge in [0.25, 0.3) is 5.67 Å². The van der Waals surface area contributed by atoms with E-state index in [0.717, 1.165) is 18.2 Å². The number of Topliss-reactive ketones (excluding diaryl/α,β-unsaturated/α-hetero) is 2. The van der Waals surface area contributed by atoms with E-state index in [2.05, 4.69) is 9.97 Å². The SMILES string of the molecule is CC[C@H]1OC(=O)[C@@](C)(F)C(=O)CC[C@](C)(OC)C[C@@H](C)C(=O)[C@H](C)[C@H]2N(CCCCn3cnc(-c4cccnc4)c3)C(=O)O[C@]12C. The number of ether oxygens (including phenoxy) is 3. The van der Waals surface area contributed by atoms with Crippen LogP contribution in [0.25, 0.3) is 11.3 Å². The second-order valence-electron chi connectivity index (χ2n) is 13.3. The standard InChI is InChI=1S/C34H47FN4O7/c1-8-27-34(6)29(23(3)28(41)22(2)18-32(4,44-7)14-13-26(40)33(5,35)30(42)45-27)39(31(43)46-34)17-10-9-16-38-20-25(37-21-38)24-12-11-15-36-19-24/h11-12,15,19-23,27,29H,8-10,13-14,16-18H2,1-7H3/t22-,23+,27-,29-,32+,33+,34-/m1/s1. The predicted molar refractivity (Wildman–Crippen MR) is 167 cm³/mol. The normalized spacial score (nSPS) is 32.9. The first-order valence-corrected chi connectivity index (χ1v) is 16.1. The number of hydrogen-bond donors (Lipinski definition) is 0. The lowest BCUT2D eigenvalue weighted by molar-refractivity contribution is -0.179. The molecular formula is C34H47FN4O7. The Labute approximate surface area is 270 Å². The molecule has 7 atom stereocenters. The van der Waals surface area contributed by atoms with Crippen molar-refractivity contribution in [2.45, 2.75) is 116 Å². The van der Waals surface area contributed by atoms with Gasteiger partial charge in [0.2, 0.25) is 0 Å². The molecule has 46 heavy (non-hydrogen) atoms. The van der Waals surface area contributed by atoms with Crippen molar-refractivity contribution in [3.63, 3.8) is 0 Å². The maximum absolute atomic E-state index is 15.7. The van der Waals surface area contributed by atoms with E-state index in [-0.39, 0.29) is 38.0 Å². The molecule has 2 saturated heterocycles. The van der Waals surface area contributed by atoms with Gasteiger partial charge in [0.1, 0.15) is 11.9 Å². The van der Waals surface area contributed by atoms with Gasteiger partial charge in [-0.2, -0.15) is 0 Å². The van der Waals surface area contributed by atoms with Crippen molar-refractivity contribution >= 4 is 23.6 Å². The summed E-state index contributed by atoms with van der Waals surface area (Å²) in [7, 11) is 1.48. The number of hydrogen-bond acceptors (Lipinski definition) is 9. The lowest BCUT2D eigenvalue weighted by Crippen LogP contribution is -2.58. The zero-order chi connectivity index (χ0) is 33.9. The number of carbonyl (C=O) groups excluding carboxylic acids is 4. The molecule has 0 unspecified atom stereocenters. The average Bonchev–Trinajstić information content (AvgIpc) is 3.61. The summed E-state index contributed by atoms with van der Waals surface area (Å²) in [6, 6.07) is 2.98. The van der Waals surface area contributed by atoms with Crippen molar-refractivity contribution in [1.82, 2.24) is 19.4 Å². The van der Waals surface area contributed by atoms with E-state index in [1.54, 1.807) is 58.2 Å². The van der Waals surface area contributed by atoms with Gasteiger partial charge in [-0.25, -0.2) is 19.0 Å². The number of rotatable bonds is 8. The molecule has 0 aliphatic carbocycles. The summed E-state index contributed by atoms with van der Waals surface area (Å²) in [4.78, 5) is 63.8. The van der Waals surface area contributed by atoms with Gasteiger partial charge in [-0.05, 0) is 65.0 Å². The predicted octanol–water partition coefficient (Wildman–Crippen LogP) is 5.35. The lowest BCUT2D eigenvalue weighted by atomic mass is 9.75. The number of pyridine rings is 1. The fraction of sp³-hybridized carbons (Fsp3) is 0.647. The molecule has 2 fully saturated rings. The number of cyclic esters (lactones) is 1. The highest BCUT2D eigenvalue weighted by Crippen LogP contribution is 2.42. The molecule has 0 radical (unpaired) electrons. The first-order chi connectivity index (χ1) is 21.7. The first-order valence-electron chi connectivity index (χ1n) is 16.1. The van der Waals surface area contributed by atoms with E-state index in [1.165, 1.54) is 7.11 Å². The molecule has 11 nitrogen and oxygen atoms in total. The quantitative estimate of drug-likeness (QED) is 0.212. The van der Waals surface area contributed by atoms with Crippen molar-refractivity contribution in [2.75, 3.05) is 13.7 Å². The number of imidazole rings is 1. The minimum Gasteiger partial charge on any atom is -0.455 e. The second-order valence-corrected chi connectivity index (χ2v) is 13.3. The minimum atomic E-state index is -2.91. The van der Waals surface area contributed by atoms with Crippen LogP contribution in [-0.4, -0.2) is 85.7 Å². The Morgan fingerprint density at radius 1 is 1.11 bits per heavy atom. The smallest absolute Gasteiger partial charge is 0.410 e. The molecular weight excluding hydrogens is 595 g/mol. The number of alkyl halides is 1. The number of fused-ring (bicyclic) bond motifs is 1. The van der Waals surface area contributed by atoms with Crippen molar-refractivity contribution in [3.05, 3.63) is 37.1 Å². The number of methoxy groups -OCH3 is 1. The van der Waals surface area contributed by atoms with E-state index in [9.17, 15) is 19.2 Å². The molecule has 2 aliphatic heterocycles. The third-order valence-corrected chi connectivity index (χ3v) is 9.81. The number of carbonyl (C=O) groups is 4. The van der Waals surface area contributed by atoms with Gasteiger partial charge >= 0.3 is 12.1 Å². The molecule has 2 aromatic heterocycles. The fourth-order valence-corrected chi connectivity index (χ4v) is 6.92. The van der Waals surface area contributed by atoms with E-state index in [4.69, 9.17) is 14.2 Å². The Bertz CT molecular complexity index is 1420. The maximum Gasteiger partial charge on any atom is 0.410 e. The first kappa shape index (κ1) is 35.2. The summed E-state index contributed by atoms with van der Waals surface area (Å²) < 4.78 is 35.0. The largest absolute Gasteiger partial charge is 0.455 e. The summed E-state index contributed by atoms with van der Waals surface area (Å²) in [6.07, 6.45) is 6.99. The molecule has 4 heterocycles. The summed E-state index contributed by atoms with van der Waals surface area (Å²) in [5, 5.41) is 0. The Hall–Kier alpha value is -3.67. The summed E-state index contributed by atoms with van der Waals surface area (Å²) >= 11 is 0. The van der Waals surface area contributed by atoms with Crippen LogP contribution >= 0.6 is 0 Å². The molecule has 4 rings (SSSR count). The molecule has 2 aromatic rings. The Balaban J connectivity index is 1.59. The summed E-state index contributed by atoms with van der Waals surface area (Å²) in [5.41, 5.74) is -3.58. The van der Waals surface area contributed by atoms with Crippen LogP contribution in [0, 0.1) is 11.8 Å².